The van der Waals surface area contributed by atoms with Gasteiger partial charge in [0, 0.05) is 23.6 Å². The van der Waals surface area contributed by atoms with Gasteiger partial charge in [0.2, 0.25) is 0 Å². The molecule has 3 aromatic rings. The minimum absolute atomic E-state index is 0.327. The molecule has 0 saturated carbocycles. The molecule has 1 amide bonds. The van der Waals surface area contributed by atoms with Gasteiger partial charge in [-0.05, 0) is 18.6 Å². The molecule has 122 valence electrons. The zero-order valence-corrected chi connectivity index (χ0v) is 13.3. The van der Waals surface area contributed by atoms with Crippen molar-refractivity contribution >= 4 is 22.8 Å². The van der Waals surface area contributed by atoms with E-state index in [4.69, 9.17) is 4.74 Å². The van der Waals surface area contributed by atoms with Gasteiger partial charge in [0.1, 0.15) is 0 Å². The molecule has 2 N–H and O–H groups in total. The average molecular weight is 322 g/mol. The van der Waals surface area contributed by atoms with Crippen LogP contribution >= 0.6 is 0 Å². The zero-order valence-electron chi connectivity index (χ0n) is 13.3. The second-order valence-corrected chi connectivity index (χ2v) is 5.50. The number of carbonyl (C=O) groups excluding carboxylic acids is 2. The molecule has 2 aromatic carbocycles. The Labute approximate surface area is 139 Å². The number of H-pyrrole nitrogens is 1. The summed E-state index contributed by atoms with van der Waals surface area (Å²) in [6, 6.07) is 17.0. The SMILES string of the molecule is CC(OC(=O)c1c[nH]c2ccccc12)C(=O)NCc1ccccc1. The average Bonchev–Trinajstić information content (AvgIpc) is 3.04. The lowest BCUT2D eigenvalue weighted by Gasteiger charge is -2.13. The van der Waals surface area contributed by atoms with Crippen LogP contribution in [-0.2, 0) is 16.1 Å². The largest absolute Gasteiger partial charge is 0.449 e. The van der Waals surface area contributed by atoms with Crippen LogP contribution in [0.25, 0.3) is 10.9 Å². The van der Waals surface area contributed by atoms with Gasteiger partial charge in [0.05, 0.1) is 5.56 Å². The molecule has 1 aromatic heterocycles. The van der Waals surface area contributed by atoms with Crippen LogP contribution in [0.5, 0.6) is 0 Å². The van der Waals surface area contributed by atoms with Crippen LogP contribution in [0.1, 0.15) is 22.8 Å². The summed E-state index contributed by atoms with van der Waals surface area (Å²) in [6.07, 6.45) is 0.733. The molecule has 0 fully saturated rings. The van der Waals surface area contributed by atoms with Gasteiger partial charge in [-0.3, -0.25) is 4.79 Å². The Morgan fingerprint density at radius 2 is 1.79 bits per heavy atom. The molecule has 3 rings (SSSR count). The summed E-state index contributed by atoms with van der Waals surface area (Å²) in [5, 5.41) is 3.54. The molecule has 1 atom stereocenters. The first-order valence-corrected chi connectivity index (χ1v) is 7.74. The Kier molecular flexibility index (Phi) is 4.61. The highest BCUT2D eigenvalue weighted by Crippen LogP contribution is 2.19. The Bertz CT molecular complexity index is 855. The summed E-state index contributed by atoms with van der Waals surface area (Å²) in [7, 11) is 0. The molecule has 24 heavy (non-hydrogen) atoms. The number of benzene rings is 2. The summed E-state index contributed by atoms with van der Waals surface area (Å²) in [5.74, 6) is -0.846. The Hall–Kier alpha value is -3.08. The fourth-order valence-electron chi connectivity index (χ4n) is 2.45. The predicted molar refractivity (Wildman–Crippen MR) is 91.5 cm³/mol. The minimum Gasteiger partial charge on any atom is -0.449 e. The quantitative estimate of drug-likeness (QED) is 0.709. The van der Waals surface area contributed by atoms with Crippen LogP contribution in [0.3, 0.4) is 0 Å². The Morgan fingerprint density at radius 3 is 2.58 bits per heavy atom. The predicted octanol–water partition coefficient (Wildman–Crippen LogP) is 3.03. The van der Waals surface area contributed by atoms with Gasteiger partial charge in [-0.2, -0.15) is 0 Å². The van der Waals surface area contributed by atoms with Crippen molar-refractivity contribution in [1.82, 2.24) is 10.3 Å². The number of hydrogen-bond acceptors (Lipinski definition) is 3. The number of carbonyl (C=O) groups is 2. The van der Waals surface area contributed by atoms with Crippen molar-refractivity contribution in [2.24, 2.45) is 0 Å². The fourth-order valence-corrected chi connectivity index (χ4v) is 2.45. The lowest BCUT2D eigenvalue weighted by Crippen LogP contribution is -2.35. The molecule has 5 heteroatoms. The molecule has 0 radical (unpaired) electrons. The zero-order chi connectivity index (χ0) is 16.9. The molecule has 0 aliphatic carbocycles. The molecule has 0 aliphatic heterocycles. The first-order chi connectivity index (χ1) is 11.6. The van der Waals surface area contributed by atoms with Crippen molar-refractivity contribution in [3.05, 3.63) is 71.9 Å². The maximum Gasteiger partial charge on any atom is 0.341 e. The standard InChI is InChI=1S/C19H18N2O3/c1-13(18(22)21-11-14-7-3-2-4-8-14)24-19(23)16-12-20-17-10-6-5-9-15(16)17/h2-10,12-13,20H,11H2,1H3,(H,21,22). The summed E-state index contributed by atoms with van der Waals surface area (Å²) >= 11 is 0. The highest BCUT2D eigenvalue weighted by atomic mass is 16.5. The van der Waals surface area contributed by atoms with Crippen LogP contribution in [-0.4, -0.2) is 23.0 Å². The van der Waals surface area contributed by atoms with Gasteiger partial charge in [0.15, 0.2) is 6.10 Å². The number of esters is 1. The number of rotatable bonds is 5. The summed E-state index contributed by atoms with van der Waals surface area (Å²) in [6.45, 7) is 1.96. The highest BCUT2D eigenvalue weighted by Gasteiger charge is 2.20. The van der Waals surface area contributed by atoms with Crippen molar-refractivity contribution in [3.8, 4) is 0 Å². The first kappa shape index (κ1) is 15.8. The van der Waals surface area contributed by atoms with E-state index < -0.39 is 12.1 Å². The molecule has 0 spiro atoms. The van der Waals surface area contributed by atoms with Crippen molar-refractivity contribution in [2.45, 2.75) is 19.6 Å². The fraction of sp³-hybridized carbons (Fsp3) is 0.158. The second kappa shape index (κ2) is 7.00. The van der Waals surface area contributed by atoms with Crippen LogP contribution in [0.2, 0.25) is 0 Å². The third-order valence-corrected chi connectivity index (χ3v) is 3.77. The van der Waals surface area contributed by atoms with Crippen molar-refractivity contribution in [2.75, 3.05) is 0 Å². The van der Waals surface area contributed by atoms with E-state index in [0.717, 1.165) is 16.5 Å². The van der Waals surface area contributed by atoms with E-state index in [1.165, 1.54) is 0 Å². The molecule has 1 unspecified atom stereocenters. The van der Waals surface area contributed by atoms with Crippen molar-refractivity contribution in [1.29, 1.82) is 0 Å². The van der Waals surface area contributed by atoms with E-state index in [9.17, 15) is 9.59 Å². The number of aromatic amines is 1. The Morgan fingerprint density at radius 1 is 1.08 bits per heavy atom. The minimum atomic E-state index is -0.866. The van der Waals surface area contributed by atoms with E-state index in [1.807, 2.05) is 54.6 Å². The van der Waals surface area contributed by atoms with Crippen LogP contribution < -0.4 is 5.32 Å². The van der Waals surface area contributed by atoms with Crippen LogP contribution in [0.15, 0.2) is 60.8 Å². The van der Waals surface area contributed by atoms with Crippen LogP contribution in [0, 0.1) is 0 Å². The van der Waals surface area contributed by atoms with Gasteiger partial charge < -0.3 is 15.0 Å². The highest BCUT2D eigenvalue weighted by molar-refractivity contribution is 6.04. The molecule has 0 saturated heterocycles. The number of nitrogens with one attached hydrogen (secondary N) is 2. The summed E-state index contributed by atoms with van der Waals surface area (Å²) in [5.41, 5.74) is 2.26. The van der Waals surface area contributed by atoms with Crippen molar-refractivity contribution in [3.63, 3.8) is 0 Å². The molecule has 0 aliphatic rings. The van der Waals surface area contributed by atoms with Gasteiger partial charge in [-0.25, -0.2) is 4.79 Å². The van der Waals surface area contributed by atoms with Crippen LogP contribution in [0.4, 0.5) is 0 Å². The third-order valence-electron chi connectivity index (χ3n) is 3.77. The maximum atomic E-state index is 12.3. The molecular weight excluding hydrogens is 304 g/mol. The van der Waals surface area contributed by atoms with E-state index in [1.54, 1.807) is 13.1 Å². The number of amides is 1. The number of para-hydroxylation sites is 1. The molecule has 0 bridgehead atoms. The number of hydrogen-bond donors (Lipinski definition) is 2. The summed E-state index contributed by atoms with van der Waals surface area (Å²) in [4.78, 5) is 27.4. The van der Waals surface area contributed by atoms with E-state index in [0.29, 0.717) is 12.1 Å². The Balaban J connectivity index is 1.60. The smallest absolute Gasteiger partial charge is 0.341 e. The van der Waals surface area contributed by atoms with Gasteiger partial charge in [0.25, 0.3) is 5.91 Å². The monoisotopic (exact) mass is 322 g/mol. The van der Waals surface area contributed by atoms with Crippen molar-refractivity contribution < 1.29 is 14.3 Å². The van der Waals surface area contributed by atoms with E-state index >= 15 is 0 Å². The molecule has 1 heterocycles. The number of aromatic nitrogens is 1. The summed E-state index contributed by atoms with van der Waals surface area (Å²) < 4.78 is 5.28. The van der Waals surface area contributed by atoms with Gasteiger partial charge in [-0.1, -0.05) is 48.5 Å². The molecular formula is C19H18N2O3. The van der Waals surface area contributed by atoms with E-state index in [-0.39, 0.29) is 5.91 Å². The van der Waals surface area contributed by atoms with Gasteiger partial charge in [-0.15, -0.1) is 0 Å². The molecule has 5 nitrogen and oxygen atoms in total. The maximum absolute atomic E-state index is 12.3. The second-order valence-electron chi connectivity index (χ2n) is 5.50. The third kappa shape index (κ3) is 3.46. The first-order valence-electron chi connectivity index (χ1n) is 7.74. The lowest BCUT2D eigenvalue weighted by molar-refractivity contribution is -0.129. The van der Waals surface area contributed by atoms with Gasteiger partial charge >= 0.3 is 5.97 Å². The normalized spacial score (nSPS) is 11.9. The number of fused-ring (bicyclic) bond motifs is 1. The lowest BCUT2D eigenvalue weighted by atomic mass is 10.2. The topological polar surface area (TPSA) is 71.2 Å². The van der Waals surface area contributed by atoms with E-state index in [2.05, 4.69) is 10.3 Å². The number of ether oxygens (including phenoxy) is 1.